The fourth-order valence-corrected chi connectivity index (χ4v) is 1.66. The number of nitrogens with two attached hydrogens (primary N) is 1. The summed E-state index contributed by atoms with van der Waals surface area (Å²) in [5.41, 5.74) is 6.33. The van der Waals surface area contributed by atoms with Gasteiger partial charge in [-0.2, -0.15) is 5.26 Å². The number of carbonyl (C=O) groups is 1. The molecule has 0 heterocycles. The van der Waals surface area contributed by atoms with Crippen LogP contribution in [0.5, 0.6) is 0 Å². The van der Waals surface area contributed by atoms with Crippen molar-refractivity contribution >= 4 is 23.0 Å². The molecule has 0 unspecified atom stereocenters. The molecule has 0 atom stereocenters. The quantitative estimate of drug-likeness (QED) is 0.745. The molecular formula is C14H10FN3O2. The van der Waals surface area contributed by atoms with E-state index in [9.17, 15) is 9.18 Å². The molecule has 0 aliphatic carbocycles. The highest BCUT2D eigenvalue weighted by Crippen LogP contribution is 2.24. The van der Waals surface area contributed by atoms with Gasteiger partial charge in [0.15, 0.2) is 0 Å². The third kappa shape index (κ3) is 2.67. The number of anilines is 3. The lowest BCUT2D eigenvalue weighted by Gasteiger charge is -2.09. The maximum absolute atomic E-state index is 13.7. The second-order valence-corrected chi connectivity index (χ2v) is 4.04. The number of carboxylic acids is 1. The molecule has 0 spiro atoms. The fourth-order valence-electron chi connectivity index (χ4n) is 1.66. The first-order valence-corrected chi connectivity index (χ1v) is 5.61. The van der Waals surface area contributed by atoms with Gasteiger partial charge in [-0.15, -0.1) is 0 Å². The monoisotopic (exact) mass is 271 g/mol. The number of nitriles is 1. The zero-order valence-corrected chi connectivity index (χ0v) is 10.2. The summed E-state index contributed by atoms with van der Waals surface area (Å²) < 4.78 is 13.7. The molecule has 5 nitrogen and oxygen atoms in total. The molecule has 0 amide bonds. The van der Waals surface area contributed by atoms with Gasteiger partial charge in [0.1, 0.15) is 5.82 Å². The lowest BCUT2D eigenvalue weighted by molar-refractivity contribution is 0.0698. The van der Waals surface area contributed by atoms with Crippen LogP contribution in [0.2, 0.25) is 0 Å². The summed E-state index contributed by atoms with van der Waals surface area (Å²) in [4.78, 5) is 11.0. The van der Waals surface area contributed by atoms with Gasteiger partial charge in [-0.3, -0.25) is 0 Å². The number of benzene rings is 2. The predicted octanol–water partition coefficient (Wildman–Crippen LogP) is 2.72. The van der Waals surface area contributed by atoms with Gasteiger partial charge in [-0.25, -0.2) is 9.18 Å². The number of nitrogens with zero attached hydrogens (tertiary/aromatic N) is 1. The van der Waals surface area contributed by atoms with Gasteiger partial charge >= 0.3 is 5.97 Å². The van der Waals surface area contributed by atoms with E-state index >= 15 is 0 Å². The number of rotatable bonds is 3. The van der Waals surface area contributed by atoms with Gasteiger partial charge in [0.05, 0.1) is 22.9 Å². The minimum atomic E-state index is -1.16. The van der Waals surface area contributed by atoms with E-state index in [2.05, 4.69) is 5.32 Å². The van der Waals surface area contributed by atoms with Crippen LogP contribution in [0.4, 0.5) is 21.5 Å². The lowest BCUT2D eigenvalue weighted by atomic mass is 10.1. The number of hydrogen-bond acceptors (Lipinski definition) is 4. The summed E-state index contributed by atoms with van der Waals surface area (Å²) in [5, 5.41) is 20.4. The van der Waals surface area contributed by atoms with Crippen LogP contribution < -0.4 is 11.1 Å². The van der Waals surface area contributed by atoms with Gasteiger partial charge in [0, 0.05) is 11.4 Å². The summed E-state index contributed by atoms with van der Waals surface area (Å²) in [6, 6.07) is 10.1. The molecule has 0 aliphatic rings. The normalized spacial score (nSPS) is 9.80. The molecule has 2 aromatic rings. The number of aromatic carboxylic acids is 1. The van der Waals surface area contributed by atoms with Crippen LogP contribution in [0.1, 0.15) is 15.9 Å². The SMILES string of the molecule is N#Cc1ccc(Nc2ccc(N)c(C(=O)O)c2)c(F)c1. The van der Waals surface area contributed by atoms with Crippen molar-refractivity contribution in [2.24, 2.45) is 0 Å². The largest absolute Gasteiger partial charge is 0.478 e. The topological polar surface area (TPSA) is 99.1 Å². The smallest absolute Gasteiger partial charge is 0.337 e. The van der Waals surface area contributed by atoms with Crippen LogP contribution in [0.25, 0.3) is 0 Å². The van der Waals surface area contributed by atoms with E-state index < -0.39 is 11.8 Å². The molecule has 0 saturated carbocycles. The maximum Gasteiger partial charge on any atom is 0.337 e. The van der Waals surface area contributed by atoms with Crippen molar-refractivity contribution in [3.05, 3.63) is 53.3 Å². The van der Waals surface area contributed by atoms with E-state index in [-0.39, 0.29) is 22.5 Å². The van der Waals surface area contributed by atoms with Crippen molar-refractivity contribution in [3.8, 4) is 6.07 Å². The summed E-state index contributed by atoms with van der Waals surface area (Å²) in [6.45, 7) is 0. The van der Waals surface area contributed by atoms with Crippen molar-refractivity contribution in [2.75, 3.05) is 11.1 Å². The van der Waals surface area contributed by atoms with Crippen LogP contribution in [-0.2, 0) is 0 Å². The Morgan fingerprint density at radius 2 is 2.05 bits per heavy atom. The first-order chi connectivity index (χ1) is 9.51. The number of nitrogens with one attached hydrogen (secondary N) is 1. The Balaban J connectivity index is 2.33. The Kier molecular flexibility index (Phi) is 3.53. The van der Waals surface area contributed by atoms with E-state index in [1.54, 1.807) is 6.07 Å². The minimum Gasteiger partial charge on any atom is -0.478 e. The van der Waals surface area contributed by atoms with Gasteiger partial charge in [0.25, 0.3) is 0 Å². The molecule has 20 heavy (non-hydrogen) atoms. The first kappa shape index (κ1) is 13.4. The molecular weight excluding hydrogens is 261 g/mol. The van der Waals surface area contributed by atoms with E-state index in [0.29, 0.717) is 5.69 Å². The second kappa shape index (κ2) is 5.28. The molecule has 0 radical (unpaired) electrons. The van der Waals surface area contributed by atoms with E-state index in [1.807, 2.05) is 6.07 Å². The maximum atomic E-state index is 13.7. The minimum absolute atomic E-state index is 0.0657. The van der Waals surface area contributed by atoms with Crippen molar-refractivity contribution in [3.63, 3.8) is 0 Å². The van der Waals surface area contributed by atoms with Gasteiger partial charge in [-0.05, 0) is 36.4 Å². The number of hydrogen-bond donors (Lipinski definition) is 3. The van der Waals surface area contributed by atoms with Crippen molar-refractivity contribution in [2.45, 2.75) is 0 Å². The molecule has 6 heteroatoms. The summed E-state index contributed by atoms with van der Waals surface area (Å²) in [7, 11) is 0. The third-order valence-electron chi connectivity index (χ3n) is 2.66. The van der Waals surface area contributed by atoms with Crippen LogP contribution in [0.15, 0.2) is 36.4 Å². The number of nitrogen functional groups attached to an aromatic ring is 1. The highest BCUT2D eigenvalue weighted by Gasteiger charge is 2.10. The zero-order chi connectivity index (χ0) is 14.7. The third-order valence-corrected chi connectivity index (χ3v) is 2.66. The molecule has 0 aliphatic heterocycles. The summed E-state index contributed by atoms with van der Waals surface area (Å²) in [6.07, 6.45) is 0. The standard InChI is InChI=1S/C14H10FN3O2/c15-11-5-8(7-16)1-4-13(11)18-9-2-3-12(17)10(6-9)14(19)20/h1-6,18H,17H2,(H,19,20). The Morgan fingerprint density at radius 3 is 2.65 bits per heavy atom. The molecule has 0 aromatic heterocycles. The van der Waals surface area contributed by atoms with Crippen LogP contribution in [0, 0.1) is 17.1 Å². The van der Waals surface area contributed by atoms with E-state index in [1.165, 1.54) is 24.3 Å². The molecule has 0 saturated heterocycles. The zero-order valence-electron chi connectivity index (χ0n) is 10.2. The van der Waals surface area contributed by atoms with E-state index in [4.69, 9.17) is 16.1 Å². The highest BCUT2D eigenvalue weighted by atomic mass is 19.1. The van der Waals surface area contributed by atoms with Gasteiger partial charge in [-0.1, -0.05) is 0 Å². The molecule has 0 fully saturated rings. The number of carboxylic acid groups (broad SMARTS) is 1. The molecule has 4 N–H and O–H groups in total. The van der Waals surface area contributed by atoms with Crippen molar-refractivity contribution in [1.29, 1.82) is 5.26 Å². The average Bonchev–Trinajstić information content (AvgIpc) is 2.42. The lowest BCUT2D eigenvalue weighted by Crippen LogP contribution is -2.03. The first-order valence-electron chi connectivity index (χ1n) is 5.61. The Morgan fingerprint density at radius 1 is 1.30 bits per heavy atom. The number of halogens is 1. The molecule has 100 valence electrons. The van der Waals surface area contributed by atoms with Crippen LogP contribution >= 0.6 is 0 Å². The van der Waals surface area contributed by atoms with E-state index in [0.717, 1.165) is 6.07 Å². The Labute approximate surface area is 114 Å². The predicted molar refractivity (Wildman–Crippen MR) is 72.2 cm³/mol. The van der Waals surface area contributed by atoms with Gasteiger partial charge in [0.2, 0.25) is 0 Å². The highest BCUT2D eigenvalue weighted by molar-refractivity contribution is 5.95. The molecule has 0 bridgehead atoms. The van der Waals surface area contributed by atoms with Crippen molar-refractivity contribution in [1.82, 2.24) is 0 Å². The van der Waals surface area contributed by atoms with Crippen LogP contribution in [0.3, 0.4) is 0 Å². The van der Waals surface area contributed by atoms with Crippen LogP contribution in [-0.4, -0.2) is 11.1 Å². The average molecular weight is 271 g/mol. The summed E-state index contributed by atoms with van der Waals surface area (Å²) in [5.74, 6) is -1.76. The fraction of sp³-hybridized carbons (Fsp3) is 0. The Bertz CT molecular complexity index is 723. The van der Waals surface area contributed by atoms with Crippen molar-refractivity contribution < 1.29 is 14.3 Å². The summed E-state index contributed by atoms with van der Waals surface area (Å²) >= 11 is 0. The Hall–Kier alpha value is -3.07. The second-order valence-electron chi connectivity index (χ2n) is 4.04. The molecule has 2 rings (SSSR count). The molecule has 2 aromatic carbocycles. The van der Waals surface area contributed by atoms with Gasteiger partial charge < -0.3 is 16.2 Å².